The van der Waals surface area contributed by atoms with Crippen molar-refractivity contribution in [3.05, 3.63) is 36.4 Å². The summed E-state index contributed by atoms with van der Waals surface area (Å²) in [4.78, 5) is 0. The van der Waals surface area contributed by atoms with Gasteiger partial charge >= 0.3 is 0 Å². The summed E-state index contributed by atoms with van der Waals surface area (Å²) in [6, 6.07) is 11.3. The molecule has 0 spiro atoms. The molecule has 2 rings (SSSR count). The molecule has 0 radical (unpaired) electrons. The fourth-order valence-electron chi connectivity index (χ4n) is 2.04. The number of aromatic hydroxyl groups is 1. The second kappa shape index (κ2) is 7.39. The SMILES string of the molecule is Oc1ccc2cc(OCCCCCCBr)ccc2c1. The molecule has 0 atom stereocenters. The Balaban J connectivity index is 1.86. The Morgan fingerprint density at radius 3 is 2.47 bits per heavy atom. The Bertz CT molecular complexity index is 525. The highest BCUT2D eigenvalue weighted by molar-refractivity contribution is 9.09. The van der Waals surface area contributed by atoms with Crippen LogP contribution in [0.2, 0.25) is 0 Å². The molecule has 2 aromatic carbocycles. The first-order valence-electron chi connectivity index (χ1n) is 6.71. The highest BCUT2D eigenvalue weighted by atomic mass is 79.9. The largest absolute Gasteiger partial charge is 0.508 e. The molecule has 0 fully saturated rings. The Morgan fingerprint density at radius 2 is 1.63 bits per heavy atom. The third-order valence-electron chi connectivity index (χ3n) is 3.09. The van der Waals surface area contributed by atoms with E-state index in [1.54, 1.807) is 12.1 Å². The fraction of sp³-hybridized carbons (Fsp3) is 0.375. The number of unbranched alkanes of at least 4 members (excludes halogenated alkanes) is 3. The number of hydrogen-bond donors (Lipinski definition) is 1. The van der Waals surface area contributed by atoms with Gasteiger partial charge in [-0.15, -0.1) is 0 Å². The molecule has 0 heterocycles. The molecule has 1 N–H and O–H groups in total. The number of benzene rings is 2. The number of ether oxygens (including phenoxy) is 1. The highest BCUT2D eigenvalue weighted by Crippen LogP contribution is 2.24. The van der Waals surface area contributed by atoms with Crippen molar-refractivity contribution in [3.8, 4) is 11.5 Å². The van der Waals surface area contributed by atoms with Crippen LogP contribution in [0.25, 0.3) is 10.8 Å². The Hall–Kier alpha value is -1.22. The summed E-state index contributed by atoms with van der Waals surface area (Å²) in [6.07, 6.45) is 4.80. The summed E-state index contributed by atoms with van der Waals surface area (Å²) < 4.78 is 5.75. The van der Waals surface area contributed by atoms with Crippen molar-refractivity contribution in [1.82, 2.24) is 0 Å². The van der Waals surface area contributed by atoms with Gasteiger partial charge in [0.2, 0.25) is 0 Å². The third kappa shape index (κ3) is 4.43. The van der Waals surface area contributed by atoms with Gasteiger partial charge in [-0.05, 0) is 47.9 Å². The van der Waals surface area contributed by atoms with E-state index in [2.05, 4.69) is 15.9 Å². The van der Waals surface area contributed by atoms with Gasteiger partial charge in [0.05, 0.1) is 6.61 Å². The number of halogens is 1. The number of hydrogen-bond acceptors (Lipinski definition) is 2. The molecule has 3 heteroatoms. The zero-order chi connectivity index (χ0) is 13.5. The van der Waals surface area contributed by atoms with Crippen molar-refractivity contribution < 1.29 is 9.84 Å². The van der Waals surface area contributed by atoms with Gasteiger partial charge in [-0.2, -0.15) is 0 Å². The molecule has 0 saturated heterocycles. The van der Waals surface area contributed by atoms with Crippen LogP contribution in [0.15, 0.2) is 36.4 Å². The van der Waals surface area contributed by atoms with Crippen molar-refractivity contribution in [2.75, 3.05) is 11.9 Å². The van der Waals surface area contributed by atoms with Gasteiger partial charge in [0, 0.05) is 5.33 Å². The molecule has 0 bridgehead atoms. The van der Waals surface area contributed by atoms with Crippen LogP contribution >= 0.6 is 15.9 Å². The molecule has 102 valence electrons. The zero-order valence-corrected chi connectivity index (χ0v) is 12.5. The van der Waals surface area contributed by atoms with Crippen LogP contribution in [0.5, 0.6) is 11.5 Å². The summed E-state index contributed by atoms with van der Waals surface area (Å²) in [5, 5.41) is 12.6. The lowest BCUT2D eigenvalue weighted by Crippen LogP contribution is -1.97. The Labute approximate surface area is 122 Å². The van der Waals surface area contributed by atoms with E-state index in [9.17, 15) is 5.11 Å². The lowest BCUT2D eigenvalue weighted by atomic mass is 10.1. The predicted octanol–water partition coefficient (Wildman–Crippen LogP) is 4.88. The zero-order valence-electron chi connectivity index (χ0n) is 10.9. The Kier molecular flexibility index (Phi) is 5.52. The molecular formula is C16H19BrO2. The van der Waals surface area contributed by atoms with Gasteiger partial charge in [-0.25, -0.2) is 0 Å². The normalized spacial score (nSPS) is 10.8. The quantitative estimate of drug-likeness (QED) is 0.581. The van der Waals surface area contributed by atoms with Crippen molar-refractivity contribution in [1.29, 1.82) is 0 Å². The standard InChI is InChI=1S/C16H19BrO2/c17-9-3-1-2-4-10-19-16-8-6-13-11-15(18)7-5-14(13)12-16/h5-8,11-12,18H,1-4,9-10H2. The van der Waals surface area contributed by atoms with E-state index in [1.165, 1.54) is 19.3 Å². The maximum atomic E-state index is 9.41. The van der Waals surface area contributed by atoms with E-state index in [4.69, 9.17) is 4.74 Å². The second-order valence-electron chi connectivity index (χ2n) is 4.64. The van der Waals surface area contributed by atoms with E-state index in [-0.39, 0.29) is 0 Å². The van der Waals surface area contributed by atoms with Gasteiger partial charge in [-0.1, -0.05) is 40.9 Å². The van der Waals surface area contributed by atoms with Crippen molar-refractivity contribution >= 4 is 26.7 Å². The molecule has 0 unspecified atom stereocenters. The van der Waals surface area contributed by atoms with Crippen molar-refractivity contribution in [3.63, 3.8) is 0 Å². The van der Waals surface area contributed by atoms with Crippen LogP contribution in [0, 0.1) is 0 Å². The van der Waals surface area contributed by atoms with Gasteiger partial charge in [-0.3, -0.25) is 0 Å². The molecule has 0 aliphatic carbocycles. The summed E-state index contributed by atoms with van der Waals surface area (Å²) in [7, 11) is 0. The minimum absolute atomic E-state index is 0.299. The summed E-state index contributed by atoms with van der Waals surface area (Å²) in [5.41, 5.74) is 0. The van der Waals surface area contributed by atoms with Crippen LogP contribution < -0.4 is 4.74 Å². The first-order valence-corrected chi connectivity index (χ1v) is 7.83. The lowest BCUT2D eigenvalue weighted by molar-refractivity contribution is 0.305. The van der Waals surface area contributed by atoms with E-state index in [0.29, 0.717) is 5.75 Å². The molecule has 0 aromatic heterocycles. The molecule has 2 aromatic rings. The monoisotopic (exact) mass is 322 g/mol. The third-order valence-corrected chi connectivity index (χ3v) is 3.65. The maximum absolute atomic E-state index is 9.41. The lowest BCUT2D eigenvalue weighted by Gasteiger charge is -2.07. The molecular weight excluding hydrogens is 304 g/mol. The summed E-state index contributed by atoms with van der Waals surface area (Å²) in [5.74, 6) is 1.20. The highest BCUT2D eigenvalue weighted by Gasteiger charge is 1.99. The first-order chi connectivity index (χ1) is 9.29. The van der Waals surface area contributed by atoms with Gasteiger partial charge in [0.15, 0.2) is 0 Å². The van der Waals surface area contributed by atoms with Crippen LogP contribution in [-0.2, 0) is 0 Å². The van der Waals surface area contributed by atoms with E-state index in [1.807, 2.05) is 24.3 Å². The second-order valence-corrected chi connectivity index (χ2v) is 5.44. The van der Waals surface area contributed by atoms with Crippen LogP contribution in [-0.4, -0.2) is 17.0 Å². The Morgan fingerprint density at radius 1 is 0.895 bits per heavy atom. The number of fused-ring (bicyclic) bond motifs is 1. The first kappa shape index (κ1) is 14.2. The van der Waals surface area contributed by atoms with Crippen LogP contribution in [0.4, 0.5) is 0 Å². The summed E-state index contributed by atoms with van der Waals surface area (Å²) >= 11 is 3.43. The van der Waals surface area contributed by atoms with Gasteiger partial charge < -0.3 is 9.84 Å². The van der Waals surface area contributed by atoms with E-state index in [0.717, 1.165) is 34.9 Å². The minimum atomic E-state index is 0.299. The number of phenolic OH excluding ortho intramolecular Hbond substituents is 1. The average Bonchev–Trinajstić information content (AvgIpc) is 2.43. The molecule has 0 amide bonds. The van der Waals surface area contributed by atoms with Gasteiger partial charge in [0.1, 0.15) is 11.5 Å². The average molecular weight is 323 g/mol. The fourth-order valence-corrected chi connectivity index (χ4v) is 2.44. The van der Waals surface area contributed by atoms with E-state index >= 15 is 0 Å². The van der Waals surface area contributed by atoms with Crippen LogP contribution in [0.3, 0.4) is 0 Å². The molecule has 0 aliphatic heterocycles. The van der Waals surface area contributed by atoms with Crippen LogP contribution in [0.1, 0.15) is 25.7 Å². The number of phenols is 1. The number of alkyl halides is 1. The number of rotatable bonds is 7. The minimum Gasteiger partial charge on any atom is -0.508 e. The predicted molar refractivity (Wildman–Crippen MR) is 83.4 cm³/mol. The van der Waals surface area contributed by atoms with Crippen molar-refractivity contribution in [2.45, 2.75) is 25.7 Å². The molecule has 2 nitrogen and oxygen atoms in total. The smallest absolute Gasteiger partial charge is 0.119 e. The molecule has 0 aliphatic rings. The van der Waals surface area contributed by atoms with E-state index < -0.39 is 0 Å². The molecule has 19 heavy (non-hydrogen) atoms. The molecule has 0 saturated carbocycles. The van der Waals surface area contributed by atoms with Crippen molar-refractivity contribution in [2.24, 2.45) is 0 Å². The maximum Gasteiger partial charge on any atom is 0.119 e. The summed E-state index contributed by atoms with van der Waals surface area (Å²) in [6.45, 7) is 0.770. The van der Waals surface area contributed by atoms with Gasteiger partial charge in [0.25, 0.3) is 0 Å². The topological polar surface area (TPSA) is 29.5 Å².